The lowest BCUT2D eigenvalue weighted by atomic mass is 10.1. The molecule has 4 aromatic rings. The zero-order valence-corrected chi connectivity index (χ0v) is 20.7. The lowest BCUT2D eigenvalue weighted by Crippen LogP contribution is -2.33. The molecule has 1 aliphatic rings. The minimum Gasteiger partial charge on any atom is -0.387 e. The molecule has 5 atom stereocenters. The van der Waals surface area contributed by atoms with Crippen molar-refractivity contribution in [3.05, 3.63) is 48.1 Å². The number of nitrogens with zero attached hydrogens (tertiary/aromatic N) is 5. The van der Waals surface area contributed by atoms with Gasteiger partial charge in [-0.3, -0.25) is 18.3 Å². The number of halogens is 1. The molecule has 0 amide bonds. The second-order valence-electron chi connectivity index (χ2n) is 8.17. The Kier molecular flexibility index (Phi) is 6.54. The second-order valence-corrected chi connectivity index (χ2v) is 12.5. The smallest absolute Gasteiger partial charge is 0.340 e. The quantitative estimate of drug-likeness (QED) is 0.161. The molecular weight excluding hydrogens is 540 g/mol. The Morgan fingerprint density at radius 1 is 1.08 bits per heavy atom. The normalized spacial score (nSPS) is 24.5. The van der Waals surface area contributed by atoms with Crippen molar-refractivity contribution < 1.29 is 43.3 Å². The van der Waals surface area contributed by atoms with Gasteiger partial charge in [0.25, 0.3) is 0 Å². The number of aromatic nitrogens is 5. The largest absolute Gasteiger partial charge is 0.387 e. The maximum absolute atomic E-state index is 11.9. The Morgan fingerprint density at radius 3 is 2.58 bits per heavy atom. The van der Waals surface area contributed by atoms with Gasteiger partial charge in [-0.05, 0) is 29.1 Å². The minimum absolute atomic E-state index is 0.108. The number of hydrogen-bond donors (Lipinski definition) is 5. The fourth-order valence-electron chi connectivity index (χ4n) is 4.06. The van der Waals surface area contributed by atoms with E-state index in [9.17, 15) is 24.2 Å². The molecule has 14 nitrogen and oxygen atoms in total. The molecule has 0 radical (unpaired) electrons. The van der Waals surface area contributed by atoms with Crippen LogP contribution in [0.1, 0.15) is 6.23 Å². The van der Waals surface area contributed by atoms with Crippen LogP contribution < -0.4 is 0 Å². The zero-order chi connectivity index (χ0) is 25.8. The van der Waals surface area contributed by atoms with Gasteiger partial charge >= 0.3 is 15.2 Å². The number of fused-ring (bicyclic) bond motifs is 2. The lowest BCUT2D eigenvalue weighted by molar-refractivity contribution is -0.0483. The van der Waals surface area contributed by atoms with Crippen LogP contribution in [0.25, 0.3) is 27.9 Å². The molecule has 0 aliphatic carbocycles. The van der Waals surface area contributed by atoms with E-state index in [0.29, 0.717) is 11.3 Å². The van der Waals surface area contributed by atoms with Gasteiger partial charge in [0, 0.05) is 6.20 Å². The topological polar surface area (TPSA) is 202 Å². The third-order valence-corrected chi connectivity index (χ3v) is 9.24. The van der Waals surface area contributed by atoms with Crippen LogP contribution in [0.4, 0.5) is 0 Å². The molecule has 1 aromatic carbocycles. The van der Waals surface area contributed by atoms with Crippen LogP contribution in [-0.4, -0.2) is 79.8 Å². The van der Waals surface area contributed by atoms with Gasteiger partial charge in [0.05, 0.1) is 18.5 Å². The summed E-state index contributed by atoms with van der Waals surface area (Å²) in [6.07, 6.45) is -2.51. The molecule has 36 heavy (non-hydrogen) atoms. The summed E-state index contributed by atoms with van der Waals surface area (Å²) in [5.74, 6) is -1.02. The Bertz CT molecular complexity index is 1540. The van der Waals surface area contributed by atoms with E-state index in [0.717, 1.165) is 10.9 Å². The van der Waals surface area contributed by atoms with Gasteiger partial charge in [-0.25, -0.2) is 4.98 Å². The Morgan fingerprint density at radius 2 is 1.83 bits per heavy atom. The predicted molar refractivity (Wildman–Crippen MR) is 126 cm³/mol. The van der Waals surface area contributed by atoms with Crippen molar-refractivity contribution in [3.8, 4) is 5.82 Å². The first kappa shape index (κ1) is 25.4. The average molecular weight is 560 g/mol. The number of ether oxygens (including phenoxy) is 1. The SMILES string of the molecule is O=P(O)(O)CP(=O)(O)OC[C@H]1O[C@@H](n2cnc3c(-n4ccc5ccccc54)nc(Cl)nc32)[C@@H](O)C1O. The van der Waals surface area contributed by atoms with E-state index in [2.05, 4.69) is 15.0 Å². The molecule has 3 aromatic heterocycles. The van der Waals surface area contributed by atoms with Gasteiger partial charge in [-0.1, -0.05) is 18.2 Å². The number of aliphatic hydroxyl groups is 2. The highest BCUT2D eigenvalue weighted by Gasteiger charge is 2.45. The second kappa shape index (κ2) is 9.26. The first-order valence-electron chi connectivity index (χ1n) is 10.4. The fraction of sp³-hybridized carbons (Fsp3) is 0.316. The van der Waals surface area contributed by atoms with E-state index in [1.807, 2.05) is 30.3 Å². The van der Waals surface area contributed by atoms with Crippen molar-refractivity contribution in [2.24, 2.45) is 0 Å². The van der Waals surface area contributed by atoms with E-state index in [-0.39, 0.29) is 10.9 Å². The molecule has 192 valence electrons. The van der Waals surface area contributed by atoms with Gasteiger partial charge < -0.3 is 34.2 Å². The molecule has 5 N–H and O–H groups in total. The predicted octanol–water partition coefficient (Wildman–Crippen LogP) is 1.38. The molecule has 5 rings (SSSR count). The third kappa shape index (κ3) is 4.85. The van der Waals surface area contributed by atoms with Crippen molar-refractivity contribution in [2.75, 3.05) is 12.5 Å². The standard InChI is InChI=1S/C19H20ClN5O9P2/c20-19-22-16(24-6-5-10-3-1-2-4-11(10)24)13-17(23-19)25(8-21-13)18-15(27)14(26)12(34-18)7-33-36(31,32)9-35(28,29)30/h1-6,8,12,14-15,18,26-27H,7,9H2,(H,31,32)(H2,28,29,30)/t12-,14?,15+,18-/m1/s1. The van der Waals surface area contributed by atoms with Crippen LogP contribution in [0.5, 0.6) is 0 Å². The molecule has 17 heteroatoms. The number of hydrogen-bond acceptors (Lipinski definition) is 9. The summed E-state index contributed by atoms with van der Waals surface area (Å²) in [4.78, 5) is 40.4. The number of rotatable bonds is 7. The minimum atomic E-state index is -4.83. The first-order valence-corrected chi connectivity index (χ1v) is 14.4. The summed E-state index contributed by atoms with van der Waals surface area (Å²) in [5.41, 5.74) is 1.36. The monoisotopic (exact) mass is 559 g/mol. The van der Waals surface area contributed by atoms with Crippen LogP contribution >= 0.6 is 26.8 Å². The van der Waals surface area contributed by atoms with Crippen LogP contribution in [-0.2, 0) is 18.4 Å². The van der Waals surface area contributed by atoms with Crippen LogP contribution in [0.3, 0.4) is 0 Å². The molecule has 1 fully saturated rings. The molecule has 2 unspecified atom stereocenters. The molecule has 1 aliphatic heterocycles. The molecule has 0 saturated carbocycles. The van der Waals surface area contributed by atoms with Gasteiger partial charge in [0.2, 0.25) is 5.28 Å². The van der Waals surface area contributed by atoms with Gasteiger partial charge in [-0.2, -0.15) is 9.97 Å². The number of imidazole rings is 1. The van der Waals surface area contributed by atoms with E-state index < -0.39 is 52.2 Å². The van der Waals surface area contributed by atoms with E-state index in [1.54, 1.807) is 10.8 Å². The Labute approximate surface area is 207 Å². The maximum atomic E-state index is 11.9. The molecule has 1 saturated heterocycles. The van der Waals surface area contributed by atoms with Crippen molar-refractivity contribution >= 4 is 48.9 Å². The zero-order valence-electron chi connectivity index (χ0n) is 18.1. The summed E-state index contributed by atoms with van der Waals surface area (Å²) in [7, 11) is -9.52. The van der Waals surface area contributed by atoms with Crippen molar-refractivity contribution in [2.45, 2.75) is 24.5 Å². The van der Waals surface area contributed by atoms with Gasteiger partial charge in [0.15, 0.2) is 29.1 Å². The molecule has 4 heterocycles. The fourth-order valence-corrected chi connectivity index (χ4v) is 6.79. The highest BCUT2D eigenvalue weighted by molar-refractivity contribution is 7.70. The highest BCUT2D eigenvalue weighted by atomic mass is 35.5. The van der Waals surface area contributed by atoms with E-state index >= 15 is 0 Å². The highest BCUT2D eigenvalue weighted by Crippen LogP contribution is 2.55. The van der Waals surface area contributed by atoms with Crippen molar-refractivity contribution in [1.29, 1.82) is 0 Å². The Balaban J connectivity index is 1.45. The van der Waals surface area contributed by atoms with E-state index in [1.165, 1.54) is 10.9 Å². The van der Waals surface area contributed by atoms with Gasteiger partial charge in [0.1, 0.15) is 18.3 Å². The summed E-state index contributed by atoms with van der Waals surface area (Å²) in [6.45, 7) is -0.717. The maximum Gasteiger partial charge on any atom is 0.340 e. The molecular formula is C19H20ClN5O9P2. The first-order chi connectivity index (χ1) is 16.9. The van der Waals surface area contributed by atoms with Crippen molar-refractivity contribution in [3.63, 3.8) is 0 Å². The third-order valence-electron chi connectivity index (χ3n) is 5.62. The summed E-state index contributed by atoms with van der Waals surface area (Å²) in [5, 5.41) is 21.9. The number of para-hydroxylation sites is 1. The summed E-state index contributed by atoms with van der Waals surface area (Å²) in [6, 6.07) is 9.49. The van der Waals surface area contributed by atoms with Gasteiger partial charge in [-0.15, -0.1) is 0 Å². The summed E-state index contributed by atoms with van der Waals surface area (Å²) < 4.78 is 36.5. The average Bonchev–Trinajstić information content (AvgIpc) is 3.47. The van der Waals surface area contributed by atoms with E-state index in [4.69, 9.17) is 30.6 Å². The Hall–Kier alpha value is -2.22. The van der Waals surface area contributed by atoms with Crippen molar-refractivity contribution in [1.82, 2.24) is 24.1 Å². The number of benzene rings is 1. The van der Waals surface area contributed by atoms with Crippen LogP contribution in [0, 0.1) is 0 Å². The molecule has 0 bridgehead atoms. The van der Waals surface area contributed by atoms with Crippen LogP contribution in [0.15, 0.2) is 42.9 Å². The van der Waals surface area contributed by atoms with Crippen LogP contribution in [0.2, 0.25) is 5.28 Å². The molecule has 0 spiro atoms. The number of aliphatic hydroxyl groups excluding tert-OH is 2. The lowest BCUT2D eigenvalue weighted by Gasteiger charge is -2.18. The summed E-state index contributed by atoms with van der Waals surface area (Å²) >= 11 is 6.20.